The van der Waals surface area contributed by atoms with Crippen LogP contribution in [0.3, 0.4) is 0 Å². The van der Waals surface area contributed by atoms with Gasteiger partial charge in [0.15, 0.2) is 5.69 Å². The number of nitrogens with one attached hydrogen (secondary N) is 1. The molecule has 0 aromatic carbocycles. The van der Waals surface area contributed by atoms with Crippen molar-refractivity contribution in [2.45, 2.75) is 25.3 Å². The summed E-state index contributed by atoms with van der Waals surface area (Å²) in [6.07, 6.45) is 5.15. The van der Waals surface area contributed by atoms with Crippen molar-refractivity contribution < 1.29 is 0 Å². The van der Waals surface area contributed by atoms with E-state index in [4.69, 9.17) is 5.26 Å². The first-order chi connectivity index (χ1) is 8.88. The van der Waals surface area contributed by atoms with Gasteiger partial charge in [-0.25, -0.2) is 4.98 Å². The molecule has 3 nitrogen and oxygen atoms in total. The SMILES string of the molecule is N#Cc1ncccc1NC1CCCc2sccc21. The van der Waals surface area contributed by atoms with Crippen molar-refractivity contribution in [3.8, 4) is 6.07 Å². The van der Waals surface area contributed by atoms with Crippen LogP contribution in [-0.4, -0.2) is 4.98 Å². The molecule has 2 aromatic rings. The zero-order valence-electron chi connectivity index (χ0n) is 9.89. The molecule has 0 fully saturated rings. The number of pyridine rings is 1. The van der Waals surface area contributed by atoms with Crippen molar-refractivity contribution >= 4 is 17.0 Å². The van der Waals surface area contributed by atoms with Crippen LogP contribution in [0.5, 0.6) is 0 Å². The van der Waals surface area contributed by atoms with E-state index in [-0.39, 0.29) is 0 Å². The molecule has 0 bridgehead atoms. The normalized spacial score (nSPS) is 17.8. The maximum Gasteiger partial charge on any atom is 0.163 e. The van der Waals surface area contributed by atoms with E-state index in [0.29, 0.717) is 11.7 Å². The molecule has 1 N–H and O–H groups in total. The number of anilines is 1. The van der Waals surface area contributed by atoms with Crippen molar-refractivity contribution in [1.29, 1.82) is 5.26 Å². The zero-order valence-corrected chi connectivity index (χ0v) is 10.7. The molecular weight excluding hydrogens is 242 g/mol. The Morgan fingerprint density at radius 2 is 2.39 bits per heavy atom. The highest BCUT2D eigenvalue weighted by molar-refractivity contribution is 7.10. The molecule has 0 saturated heterocycles. The summed E-state index contributed by atoms with van der Waals surface area (Å²) in [5.41, 5.74) is 2.70. The first-order valence-corrected chi connectivity index (χ1v) is 6.94. The van der Waals surface area contributed by atoms with Crippen LogP contribution in [0.4, 0.5) is 5.69 Å². The van der Waals surface area contributed by atoms with Gasteiger partial charge in [0.2, 0.25) is 0 Å². The fraction of sp³-hybridized carbons (Fsp3) is 0.286. The molecule has 90 valence electrons. The minimum atomic E-state index is 0.316. The summed E-state index contributed by atoms with van der Waals surface area (Å²) < 4.78 is 0. The second-order valence-electron chi connectivity index (χ2n) is 4.40. The molecule has 0 spiro atoms. The highest BCUT2D eigenvalue weighted by atomic mass is 32.1. The van der Waals surface area contributed by atoms with Crippen LogP contribution < -0.4 is 5.32 Å². The number of rotatable bonds is 2. The molecule has 0 saturated carbocycles. The Bertz CT molecular complexity index is 597. The Balaban J connectivity index is 1.89. The molecule has 1 unspecified atom stereocenters. The molecule has 1 aliphatic carbocycles. The third-order valence-corrected chi connectivity index (χ3v) is 4.29. The van der Waals surface area contributed by atoms with Gasteiger partial charge in [-0.3, -0.25) is 0 Å². The van der Waals surface area contributed by atoms with Gasteiger partial charge in [-0.05, 0) is 48.4 Å². The number of aromatic nitrogens is 1. The van der Waals surface area contributed by atoms with Crippen LogP contribution in [0.1, 0.15) is 35.0 Å². The third kappa shape index (κ3) is 1.98. The number of nitrogens with zero attached hydrogens (tertiary/aromatic N) is 2. The summed E-state index contributed by atoms with van der Waals surface area (Å²) >= 11 is 1.83. The number of thiophene rings is 1. The number of hydrogen-bond acceptors (Lipinski definition) is 4. The van der Waals surface area contributed by atoms with Gasteiger partial charge in [0, 0.05) is 11.1 Å². The molecule has 2 aromatic heterocycles. The second-order valence-corrected chi connectivity index (χ2v) is 5.40. The molecule has 0 radical (unpaired) electrons. The summed E-state index contributed by atoms with van der Waals surface area (Å²) in [7, 11) is 0. The molecule has 1 atom stereocenters. The lowest BCUT2D eigenvalue weighted by atomic mass is 9.94. The number of nitriles is 1. The predicted octanol–water partition coefficient (Wildman–Crippen LogP) is 3.50. The Morgan fingerprint density at radius 1 is 1.44 bits per heavy atom. The van der Waals surface area contributed by atoms with E-state index in [1.54, 1.807) is 6.20 Å². The van der Waals surface area contributed by atoms with E-state index in [2.05, 4.69) is 27.8 Å². The van der Waals surface area contributed by atoms with Gasteiger partial charge < -0.3 is 5.32 Å². The fourth-order valence-electron chi connectivity index (χ4n) is 2.43. The van der Waals surface area contributed by atoms with E-state index in [1.807, 2.05) is 23.5 Å². The molecule has 0 aliphatic heterocycles. The van der Waals surface area contributed by atoms with Crippen molar-refractivity contribution in [3.05, 3.63) is 45.9 Å². The monoisotopic (exact) mass is 255 g/mol. The Morgan fingerprint density at radius 3 is 3.28 bits per heavy atom. The number of hydrogen-bond donors (Lipinski definition) is 1. The average Bonchev–Trinajstić information content (AvgIpc) is 2.89. The van der Waals surface area contributed by atoms with Gasteiger partial charge in [-0.15, -0.1) is 11.3 Å². The molecule has 1 aliphatic rings. The Kier molecular flexibility index (Phi) is 2.99. The van der Waals surface area contributed by atoms with Crippen LogP contribution in [0.25, 0.3) is 0 Å². The van der Waals surface area contributed by atoms with E-state index in [9.17, 15) is 0 Å². The number of fused-ring (bicyclic) bond motifs is 1. The topological polar surface area (TPSA) is 48.7 Å². The second kappa shape index (κ2) is 4.79. The zero-order chi connectivity index (χ0) is 12.4. The quantitative estimate of drug-likeness (QED) is 0.893. The van der Waals surface area contributed by atoms with Crippen LogP contribution in [0.15, 0.2) is 29.8 Å². The first-order valence-electron chi connectivity index (χ1n) is 6.06. The molecular formula is C14H13N3S. The maximum atomic E-state index is 9.05. The van der Waals surface area contributed by atoms with E-state index in [1.165, 1.54) is 23.3 Å². The third-order valence-electron chi connectivity index (χ3n) is 3.30. The lowest BCUT2D eigenvalue weighted by Gasteiger charge is -2.24. The molecule has 2 heterocycles. The van der Waals surface area contributed by atoms with Gasteiger partial charge in [0.1, 0.15) is 6.07 Å². The van der Waals surface area contributed by atoms with Crippen molar-refractivity contribution in [3.63, 3.8) is 0 Å². The molecule has 0 amide bonds. The summed E-state index contributed by atoms with van der Waals surface area (Å²) in [6, 6.07) is 8.43. The maximum absolute atomic E-state index is 9.05. The summed E-state index contributed by atoms with van der Waals surface area (Å²) in [6.45, 7) is 0. The van der Waals surface area contributed by atoms with Gasteiger partial charge in [-0.2, -0.15) is 5.26 Å². The van der Waals surface area contributed by atoms with E-state index >= 15 is 0 Å². The molecule has 18 heavy (non-hydrogen) atoms. The summed E-state index contributed by atoms with van der Waals surface area (Å²) in [5.74, 6) is 0. The van der Waals surface area contributed by atoms with E-state index < -0.39 is 0 Å². The Hall–Kier alpha value is -1.86. The fourth-order valence-corrected chi connectivity index (χ4v) is 3.42. The minimum absolute atomic E-state index is 0.316. The van der Waals surface area contributed by atoms with Gasteiger partial charge in [-0.1, -0.05) is 0 Å². The largest absolute Gasteiger partial charge is 0.376 e. The summed E-state index contributed by atoms with van der Waals surface area (Å²) in [4.78, 5) is 5.56. The van der Waals surface area contributed by atoms with Crippen LogP contribution in [0.2, 0.25) is 0 Å². The smallest absolute Gasteiger partial charge is 0.163 e. The Labute approximate surface area is 110 Å². The molecule has 4 heteroatoms. The number of aryl methyl sites for hydroxylation is 1. The standard InChI is InChI=1S/C14H13N3S/c15-9-13-12(4-2-7-16-13)17-11-3-1-5-14-10(11)6-8-18-14/h2,4,6-8,11,17H,1,3,5H2. The van der Waals surface area contributed by atoms with Crippen molar-refractivity contribution in [2.24, 2.45) is 0 Å². The van der Waals surface area contributed by atoms with Gasteiger partial charge >= 0.3 is 0 Å². The van der Waals surface area contributed by atoms with Crippen LogP contribution >= 0.6 is 11.3 Å². The predicted molar refractivity (Wildman–Crippen MR) is 72.6 cm³/mol. The van der Waals surface area contributed by atoms with Crippen molar-refractivity contribution in [1.82, 2.24) is 4.98 Å². The van der Waals surface area contributed by atoms with Crippen LogP contribution in [-0.2, 0) is 6.42 Å². The lowest BCUT2D eigenvalue weighted by Crippen LogP contribution is -2.16. The lowest BCUT2D eigenvalue weighted by molar-refractivity contribution is 0.608. The highest BCUT2D eigenvalue weighted by Crippen LogP contribution is 2.35. The highest BCUT2D eigenvalue weighted by Gasteiger charge is 2.21. The first kappa shape index (κ1) is 11.2. The van der Waals surface area contributed by atoms with E-state index in [0.717, 1.165) is 12.1 Å². The van der Waals surface area contributed by atoms with Crippen molar-refractivity contribution in [2.75, 3.05) is 5.32 Å². The molecule has 3 rings (SSSR count). The van der Waals surface area contributed by atoms with Gasteiger partial charge in [0.05, 0.1) is 11.7 Å². The average molecular weight is 255 g/mol. The van der Waals surface area contributed by atoms with Gasteiger partial charge in [0.25, 0.3) is 0 Å². The van der Waals surface area contributed by atoms with Crippen LogP contribution in [0, 0.1) is 11.3 Å². The minimum Gasteiger partial charge on any atom is -0.376 e. The summed E-state index contributed by atoms with van der Waals surface area (Å²) in [5, 5.41) is 14.7.